The fraction of sp³-hybridized carbons (Fsp3) is 0.500. The van der Waals surface area contributed by atoms with Crippen LogP contribution in [0, 0.1) is 0 Å². The topological polar surface area (TPSA) is 99.1 Å². The molecule has 19 heavy (non-hydrogen) atoms. The van der Waals surface area contributed by atoms with Gasteiger partial charge < -0.3 is 15.6 Å². The largest absolute Gasteiger partial charge is 0.387 e. The maximum Gasteiger partial charge on any atom is 0.226 e. The third-order valence-corrected chi connectivity index (χ3v) is 3.30. The highest BCUT2D eigenvalue weighted by Gasteiger charge is 2.43. The predicted molar refractivity (Wildman–Crippen MR) is 65.2 cm³/mol. The average molecular weight is 288 g/mol. The second-order valence-electron chi connectivity index (χ2n) is 4.37. The Morgan fingerprint density at radius 1 is 1.53 bits per heavy atom. The van der Waals surface area contributed by atoms with Crippen LogP contribution < -0.4 is 5.73 Å². The molecule has 0 radical (unpaired) electrons. The number of nitrogens with two attached hydrogens (primary N) is 1. The van der Waals surface area contributed by atoms with Crippen molar-refractivity contribution in [1.29, 1.82) is 0 Å². The van der Waals surface area contributed by atoms with E-state index in [-0.39, 0.29) is 16.7 Å². The minimum atomic E-state index is -1.58. The van der Waals surface area contributed by atoms with Crippen LogP contribution in [0.3, 0.4) is 0 Å². The van der Waals surface area contributed by atoms with Gasteiger partial charge in [-0.1, -0.05) is 0 Å². The maximum absolute atomic E-state index is 14.0. The molecule has 0 aromatic carbocycles. The minimum Gasteiger partial charge on any atom is -0.387 e. The number of anilines is 1. The van der Waals surface area contributed by atoms with Crippen LogP contribution in [0.25, 0.3) is 11.2 Å². The van der Waals surface area contributed by atoms with Crippen molar-refractivity contribution in [2.45, 2.75) is 31.5 Å². The van der Waals surface area contributed by atoms with E-state index in [1.165, 1.54) is 10.9 Å². The van der Waals surface area contributed by atoms with Gasteiger partial charge in [-0.25, -0.2) is 9.37 Å². The van der Waals surface area contributed by atoms with E-state index in [2.05, 4.69) is 15.0 Å². The number of aliphatic hydroxyl groups is 1. The summed E-state index contributed by atoms with van der Waals surface area (Å²) in [7, 11) is 0. The van der Waals surface area contributed by atoms with Gasteiger partial charge in [-0.15, -0.1) is 0 Å². The smallest absolute Gasteiger partial charge is 0.226 e. The lowest BCUT2D eigenvalue weighted by molar-refractivity contribution is -0.0137. The lowest BCUT2D eigenvalue weighted by Gasteiger charge is -2.14. The normalized spacial score (nSPS) is 31.2. The van der Waals surface area contributed by atoms with Crippen molar-refractivity contribution in [2.24, 2.45) is 0 Å². The number of halogens is 2. The van der Waals surface area contributed by atoms with E-state index in [9.17, 15) is 9.50 Å². The van der Waals surface area contributed by atoms with Gasteiger partial charge in [-0.3, -0.25) is 4.57 Å². The molecule has 4 atom stereocenters. The summed E-state index contributed by atoms with van der Waals surface area (Å²) in [5, 5.41) is 9.54. The second-order valence-corrected chi connectivity index (χ2v) is 4.71. The van der Waals surface area contributed by atoms with Gasteiger partial charge in [0.2, 0.25) is 5.28 Å². The third kappa shape index (κ3) is 1.83. The molecule has 0 aliphatic carbocycles. The van der Waals surface area contributed by atoms with E-state index >= 15 is 0 Å². The molecule has 9 heteroatoms. The zero-order valence-electron chi connectivity index (χ0n) is 9.86. The molecule has 2 aromatic heterocycles. The summed E-state index contributed by atoms with van der Waals surface area (Å²) in [5.41, 5.74) is 6.25. The van der Waals surface area contributed by atoms with Gasteiger partial charge in [0.15, 0.2) is 23.9 Å². The molecule has 3 heterocycles. The molecule has 1 aliphatic heterocycles. The zero-order chi connectivity index (χ0) is 13.7. The van der Waals surface area contributed by atoms with Crippen LogP contribution >= 0.6 is 11.6 Å². The minimum absolute atomic E-state index is 0.0613. The van der Waals surface area contributed by atoms with Crippen molar-refractivity contribution < 1.29 is 14.2 Å². The van der Waals surface area contributed by atoms with Crippen LogP contribution in [-0.4, -0.2) is 43.0 Å². The van der Waals surface area contributed by atoms with Crippen molar-refractivity contribution in [3.8, 4) is 0 Å². The third-order valence-electron chi connectivity index (χ3n) is 3.13. The quantitative estimate of drug-likeness (QED) is 0.748. The van der Waals surface area contributed by atoms with Gasteiger partial charge >= 0.3 is 0 Å². The average Bonchev–Trinajstić information content (AvgIpc) is 2.86. The fourth-order valence-electron chi connectivity index (χ4n) is 2.12. The number of ether oxygens (including phenoxy) is 1. The Morgan fingerprint density at radius 2 is 2.26 bits per heavy atom. The monoisotopic (exact) mass is 287 g/mol. The number of imidazole rings is 1. The summed E-state index contributed by atoms with van der Waals surface area (Å²) in [4.78, 5) is 11.7. The van der Waals surface area contributed by atoms with Crippen molar-refractivity contribution >= 4 is 28.6 Å². The van der Waals surface area contributed by atoms with Crippen LogP contribution in [-0.2, 0) is 4.74 Å². The van der Waals surface area contributed by atoms with Crippen LogP contribution in [0.5, 0.6) is 0 Å². The molecule has 0 bridgehead atoms. The number of aliphatic hydroxyl groups excluding tert-OH is 1. The van der Waals surface area contributed by atoms with Gasteiger partial charge in [0, 0.05) is 0 Å². The van der Waals surface area contributed by atoms with E-state index in [1.807, 2.05) is 0 Å². The van der Waals surface area contributed by atoms with E-state index in [1.54, 1.807) is 6.92 Å². The molecule has 1 saturated heterocycles. The summed E-state index contributed by atoms with van der Waals surface area (Å²) in [6.45, 7) is 1.59. The molecule has 0 spiro atoms. The Labute approximate surface area is 112 Å². The first-order valence-corrected chi connectivity index (χ1v) is 6.00. The van der Waals surface area contributed by atoms with Gasteiger partial charge in [-0.2, -0.15) is 9.97 Å². The summed E-state index contributed by atoms with van der Waals surface area (Å²) in [6, 6.07) is 0. The lowest BCUT2D eigenvalue weighted by Crippen LogP contribution is -2.26. The van der Waals surface area contributed by atoms with Crippen LogP contribution in [0.2, 0.25) is 5.28 Å². The molecule has 2 aromatic rings. The fourth-order valence-corrected chi connectivity index (χ4v) is 2.29. The molecule has 3 N–H and O–H groups in total. The van der Waals surface area contributed by atoms with Gasteiger partial charge in [0.1, 0.15) is 11.6 Å². The van der Waals surface area contributed by atoms with Crippen molar-refractivity contribution in [3.05, 3.63) is 11.6 Å². The number of rotatable bonds is 1. The number of hydrogen-bond donors (Lipinski definition) is 2. The standard InChI is InChI=1S/C10H11ClFN5O2/c1-3-6(18)4(12)9(19-3)17-2-14-5-7(13)15-10(11)16-8(5)17/h2-4,6,9,18H,1H3,(H2,13,15,16). The Hall–Kier alpha value is -1.51. The molecule has 0 saturated carbocycles. The Balaban J connectivity index is 2.11. The van der Waals surface area contributed by atoms with Gasteiger partial charge in [0.25, 0.3) is 0 Å². The highest BCUT2D eigenvalue weighted by Crippen LogP contribution is 2.33. The molecular weight excluding hydrogens is 277 g/mol. The molecule has 7 nitrogen and oxygen atoms in total. The molecule has 1 fully saturated rings. The summed E-state index contributed by atoms with van der Waals surface area (Å²) >= 11 is 5.73. The number of hydrogen-bond acceptors (Lipinski definition) is 6. The molecule has 3 rings (SSSR count). The van der Waals surface area contributed by atoms with Crippen molar-refractivity contribution in [2.75, 3.05) is 5.73 Å². The molecule has 1 aliphatic rings. The van der Waals surface area contributed by atoms with E-state index in [4.69, 9.17) is 22.1 Å². The number of aromatic nitrogens is 4. The second kappa shape index (κ2) is 4.26. The van der Waals surface area contributed by atoms with E-state index < -0.39 is 24.6 Å². The number of nitrogens with zero attached hydrogens (tertiary/aromatic N) is 4. The van der Waals surface area contributed by atoms with Crippen molar-refractivity contribution in [1.82, 2.24) is 19.5 Å². The Kier molecular flexibility index (Phi) is 2.80. The predicted octanol–water partition coefficient (Wildman–Crippen LogP) is 0.678. The SMILES string of the molecule is CC1OC(n2cnc3c(N)nc(Cl)nc32)C(F)C1O. The number of nitrogen functional groups attached to an aromatic ring is 1. The first-order chi connectivity index (χ1) is 8.99. The highest BCUT2D eigenvalue weighted by atomic mass is 35.5. The first-order valence-electron chi connectivity index (χ1n) is 5.62. The van der Waals surface area contributed by atoms with E-state index in [0.717, 1.165) is 0 Å². The summed E-state index contributed by atoms with van der Waals surface area (Å²) in [6.07, 6.45) is -3.07. The van der Waals surface area contributed by atoms with Crippen LogP contribution in [0.4, 0.5) is 10.2 Å². The highest BCUT2D eigenvalue weighted by molar-refractivity contribution is 6.28. The molecule has 4 unspecified atom stereocenters. The van der Waals surface area contributed by atoms with E-state index in [0.29, 0.717) is 5.52 Å². The maximum atomic E-state index is 14.0. The van der Waals surface area contributed by atoms with Crippen LogP contribution in [0.1, 0.15) is 13.2 Å². The van der Waals surface area contributed by atoms with Gasteiger partial charge in [0.05, 0.1) is 12.4 Å². The Bertz CT molecular complexity index is 636. The molecule has 0 amide bonds. The van der Waals surface area contributed by atoms with Gasteiger partial charge in [-0.05, 0) is 18.5 Å². The molecular formula is C10H11ClFN5O2. The first kappa shape index (κ1) is 12.5. The molecule has 102 valence electrons. The zero-order valence-corrected chi connectivity index (χ0v) is 10.6. The summed E-state index contributed by atoms with van der Waals surface area (Å²) < 4.78 is 20.7. The number of alkyl halides is 1. The van der Waals surface area contributed by atoms with Crippen molar-refractivity contribution in [3.63, 3.8) is 0 Å². The lowest BCUT2D eigenvalue weighted by atomic mass is 10.2. The number of fused-ring (bicyclic) bond motifs is 1. The summed E-state index contributed by atoms with van der Waals surface area (Å²) in [5.74, 6) is 0.107. The Morgan fingerprint density at radius 3 is 2.89 bits per heavy atom. The van der Waals surface area contributed by atoms with Crippen LogP contribution in [0.15, 0.2) is 6.33 Å².